The highest BCUT2D eigenvalue weighted by atomic mass is 32.2. The number of carbonyl (C=O) groups excluding carboxylic acids is 3. The summed E-state index contributed by atoms with van der Waals surface area (Å²) in [6, 6.07) is 5.43. The van der Waals surface area contributed by atoms with Gasteiger partial charge in [0.05, 0.1) is 18.1 Å². The van der Waals surface area contributed by atoms with E-state index in [0.29, 0.717) is 54.5 Å². The Kier molecular flexibility index (Phi) is 8.23. The van der Waals surface area contributed by atoms with Gasteiger partial charge in [0.1, 0.15) is 6.54 Å². The number of nitrogens with zero attached hydrogens (tertiary/aromatic N) is 2. The zero-order valence-electron chi connectivity index (χ0n) is 19.3. The third-order valence-corrected chi connectivity index (χ3v) is 6.35. The van der Waals surface area contributed by atoms with E-state index in [1.807, 2.05) is 19.1 Å². The van der Waals surface area contributed by atoms with Crippen molar-refractivity contribution in [2.75, 3.05) is 32.8 Å². The molecule has 2 saturated heterocycles. The molecular weight excluding hydrogens is 428 g/mol. The number of amides is 3. The zero-order chi connectivity index (χ0) is 23.3. The summed E-state index contributed by atoms with van der Waals surface area (Å²) in [5, 5.41) is -0.415. The molecule has 0 spiro atoms. The van der Waals surface area contributed by atoms with E-state index in [1.54, 1.807) is 17.0 Å². The molecule has 2 aliphatic rings. The summed E-state index contributed by atoms with van der Waals surface area (Å²) in [5.41, 5.74) is 0.729. The van der Waals surface area contributed by atoms with Crippen LogP contribution in [-0.4, -0.2) is 59.7 Å². The van der Waals surface area contributed by atoms with E-state index < -0.39 is 11.1 Å². The first kappa shape index (κ1) is 24.2. The summed E-state index contributed by atoms with van der Waals surface area (Å²) < 4.78 is 11.5. The number of thioether (sulfide) groups is 1. The van der Waals surface area contributed by atoms with E-state index in [-0.39, 0.29) is 12.5 Å². The van der Waals surface area contributed by atoms with E-state index in [9.17, 15) is 14.4 Å². The lowest BCUT2D eigenvalue weighted by Gasteiger charge is -2.31. The van der Waals surface area contributed by atoms with Crippen molar-refractivity contribution in [3.05, 3.63) is 28.7 Å². The monoisotopic (exact) mass is 460 g/mol. The lowest BCUT2D eigenvalue weighted by Crippen LogP contribution is -2.45. The van der Waals surface area contributed by atoms with Crippen LogP contribution in [0.4, 0.5) is 4.79 Å². The molecule has 0 atom stereocenters. The Balaban J connectivity index is 1.70. The summed E-state index contributed by atoms with van der Waals surface area (Å²) in [7, 11) is 0. The average Bonchev–Trinajstić information content (AvgIpc) is 3.01. The van der Waals surface area contributed by atoms with Gasteiger partial charge in [-0.3, -0.25) is 19.3 Å². The zero-order valence-corrected chi connectivity index (χ0v) is 20.1. The van der Waals surface area contributed by atoms with Gasteiger partial charge >= 0.3 is 0 Å². The van der Waals surface area contributed by atoms with Crippen molar-refractivity contribution >= 4 is 34.9 Å². The Bertz CT molecular complexity index is 890. The fraction of sp³-hybridized carbons (Fsp3) is 0.542. The Hall–Kier alpha value is -2.48. The lowest BCUT2D eigenvalue weighted by atomic mass is 9.99. The van der Waals surface area contributed by atoms with E-state index >= 15 is 0 Å². The number of likely N-dealkylation sites (tertiary alicyclic amines) is 1. The van der Waals surface area contributed by atoms with E-state index in [0.717, 1.165) is 35.1 Å². The number of rotatable bonds is 8. The number of piperidine rings is 1. The summed E-state index contributed by atoms with van der Waals surface area (Å²) >= 11 is 0.859. The minimum absolute atomic E-state index is 0.175. The topological polar surface area (TPSA) is 76.2 Å². The summed E-state index contributed by atoms with van der Waals surface area (Å²) in [6.45, 7) is 10.4. The molecule has 1 aromatic rings. The van der Waals surface area contributed by atoms with Crippen LogP contribution in [0.15, 0.2) is 23.1 Å². The van der Waals surface area contributed by atoms with Crippen LogP contribution >= 0.6 is 11.8 Å². The molecule has 3 amide bonds. The average molecular weight is 461 g/mol. The molecule has 0 saturated carbocycles. The number of ether oxygens (including phenoxy) is 2. The first-order valence-corrected chi connectivity index (χ1v) is 12.0. The maximum Gasteiger partial charge on any atom is 0.294 e. The van der Waals surface area contributed by atoms with Gasteiger partial charge in [0.2, 0.25) is 5.91 Å². The molecule has 2 fully saturated rings. The van der Waals surface area contributed by atoms with Gasteiger partial charge in [0.15, 0.2) is 11.5 Å². The van der Waals surface area contributed by atoms with Crippen LogP contribution in [0, 0.1) is 11.8 Å². The molecule has 1 aromatic carbocycles. The van der Waals surface area contributed by atoms with E-state index in [1.165, 1.54) is 0 Å². The molecule has 0 radical (unpaired) electrons. The second kappa shape index (κ2) is 10.9. The Labute approximate surface area is 194 Å². The second-order valence-electron chi connectivity index (χ2n) is 8.68. The van der Waals surface area contributed by atoms with Crippen molar-refractivity contribution in [2.45, 2.75) is 40.5 Å². The summed E-state index contributed by atoms with van der Waals surface area (Å²) in [4.78, 5) is 41.0. The quantitative estimate of drug-likeness (QED) is 0.535. The largest absolute Gasteiger partial charge is 0.490 e. The number of hydrogen-bond donors (Lipinski definition) is 0. The van der Waals surface area contributed by atoms with Crippen LogP contribution < -0.4 is 9.47 Å². The fourth-order valence-corrected chi connectivity index (χ4v) is 4.38. The number of carbonyl (C=O) groups is 3. The van der Waals surface area contributed by atoms with Crippen LogP contribution in [0.25, 0.3) is 6.08 Å². The van der Waals surface area contributed by atoms with Crippen molar-refractivity contribution < 1.29 is 23.9 Å². The maximum atomic E-state index is 12.8. The Morgan fingerprint density at radius 1 is 1.19 bits per heavy atom. The van der Waals surface area contributed by atoms with Crippen molar-refractivity contribution in [1.82, 2.24) is 9.80 Å². The first-order valence-electron chi connectivity index (χ1n) is 11.2. The summed E-state index contributed by atoms with van der Waals surface area (Å²) in [5.74, 6) is 1.61. The van der Waals surface area contributed by atoms with Gasteiger partial charge in [0, 0.05) is 13.1 Å². The first-order chi connectivity index (χ1) is 15.3. The number of benzene rings is 1. The number of hydrogen-bond acceptors (Lipinski definition) is 6. The molecule has 2 heterocycles. The van der Waals surface area contributed by atoms with Gasteiger partial charge in [-0.2, -0.15) is 0 Å². The molecule has 0 unspecified atom stereocenters. The minimum atomic E-state index is -0.433. The highest BCUT2D eigenvalue weighted by molar-refractivity contribution is 8.18. The standard InChI is InChI=1S/C24H32N2O5S/c1-5-30-20-12-18(6-7-19(20)31-15-16(2)3)13-21-23(28)26(24(29)32-21)14-22(27)25-10-8-17(4)9-11-25/h6-7,12-13,16-17H,5,8-11,14-15H2,1-4H3/b21-13-. The molecule has 8 heteroatoms. The molecule has 0 aliphatic carbocycles. The Morgan fingerprint density at radius 3 is 2.56 bits per heavy atom. The normalized spacial score (nSPS) is 18.7. The van der Waals surface area contributed by atoms with Crippen LogP contribution in [0.5, 0.6) is 11.5 Å². The molecule has 3 rings (SSSR count). The van der Waals surface area contributed by atoms with Gasteiger partial charge in [0.25, 0.3) is 11.1 Å². The highest BCUT2D eigenvalue weighted by Crippen LogP contribution is 2.35. The molecule has 7 nitrogen and oxygen atoms in total. The molecular formula is C24H32N2O5S. The van der Waals surface area contributed by atoms with Gasteiger partial charge in [-0.25, -0.2) is 0 Å². The van der Waals surface area contributed by atoms with Gasteiger partial charge in [-0.05, 0) is 67.1 Å². The van der Waals surface area contributed by atoms with Crippen LogP contribution in [0.1, 0.15) is 46.1 Å². The predicted molar refractivity (Wildman–Crippen MR) is 126 cm³/mol. The predicted octanol–water partition coefficient (Wildman–Crippen LogP) is 4.41. The van der Waals surface area contributed by atoms with Gasteiger partial charge in [-0.1, -0.05) is 26.8 Å². The van der Waals surface area contributed by atoms with Crippen molar-refractivity contribution in [3.8, 4) is 11.5 Å². The Morgan fingerprint density at radius 2 is 1.91 bits per heavy atom. The van der Waals surface area contributed by atoms with Crippen LogP contribution in [0.2, 0.25) is 0 Å². The van der Waals surface area contributed by atoms with Gasteiger partial charge in [-0.15, -0.1) is 0 Å². The third-order valence-electron chi connectivity index (χ3n) is 5.44. The molecule has 174 valence electrons. The summed E-state index contributed by atoms with van der Waals surface area (Å²) in [6.07, 6.45) is 3.56. The fourth-order valence-electron chi connectivity index (χ4n) is 3.54. The minimum Gasteiger partial charge on any atom is -0.490 e. The second-order valence-corrected chi connectivity index (χ2v) is 9.67. The molecule has 2 aliphatic heterocycles. The third kappa shape index (κ3) is 6.06. The van der Waals surface area contributed by atoms with Crippen molar-refractivity contribution in [3.63, 3.8) is 0 Å². The van der Waals surface area contributed by atoms with E-state index in [4.69, 9.17) is 9.47 Å². The van der Waals surface area contributed by atoms with E-state index in [2.05, 4.69) is 20.8 Å². The molecule has 0 N–H and O–H groups in total. The van der Waals surface area contributed by atoms with Gasteiger partial charge < -0.3 is 14.4 Å². The van der Waals surface area contributed by atoms with Crippen LogP contribution in [0.3, 0.4) is 0 Å². The molecule has 0 bridgehead atoms. The number of imide groups is 1. The molecule has 32 heavy (non-hydrogen) atoms. The van der Waals surface area contributed by atoms with Crippen molar-refractivity contribution in [2.24, 2.45) is 11.8 Å². The lowest BCUT2D eigenvalue weighted by molar-refractivity contribution is -0.136. The SMILES string of the molecule is CCOc1cc(/C=C2\SC(=O)N(CC(=O)N3CCC(C)CC3)C2=O)ccc1OCC(C)C. The smallest absolute Gasteiger partial charge is 0.294 e. The highest BCUT2D eigenvalue weighted by Gasteiger charge is 2.37. The van der Waals surface area contributed by atoms with Crippen LogP contribution in [-0.2, 0) is 9.59 Å². The maximum absolute atomic E-state index is 12.8. The van der Waals surface area contributed by atoms with Crippen molar-refractivity contribution in [1.29, 1.82) is 0 Å². The molecule has 0 aromatic heterocycles.